The molecule has 2 aromatic heterocycles. The summed E-state index contributed by atoms with van der Waals surface area (Å²) >= 11 is 9.24. The summed E-state index contributed by atoms with van der Waals surface area (Å²) in [6, 6.07) is 0. The molecule has 8 nitrogen and oxygen atoms in total. The van der Waals surface area contributed by atoms with Gasteiger partial charge in [-0.3, -0.25) is 4.40 Å². The SMILES string of the molecule is O=C(O)N1CCS(=O)(=O)C(c2nc(Br)c3c(Cl)nccn23)C1. The van der Waals surface area contributed by atoms with Crippen molar-refractivity contribution >= 4 is 49.0 Å². The van der Waals surface area contributed by atoms with Gasteiger partial charge in [0.1, 0.15) is 21.2 Å². The molecule has 0 aliphatic carbocycles. The van der Waals surface area contributed by atoms with Crippen LogP contribution in [0.3, 0.4) is 0 Å². The lowest BCUT2D eigenvalue weighted by Crippen LogP contribution is -2.45. The van der Waals surface area contributed by atoms with Crippen molar-refractivity contribution in [2.24, 2.45) is 0 Å². The van der Waals surface area contributed by atoms with Gasteiger partial charge in [-0.25, -0.2) is 23.2 Å². The van der Waals surface area contributed by atoms with Gasteiger partial charge in [0.05, 0.1) is 5.75 Å². The Labute approximate surface area is 138 Å². The third-order valence-electron chi connectivity index (χ3n) is 3.52. The molecule has 0 spiro atoms. The molecule has 3 heterocycles. The van der Waals surface area contributed by atoms with Crippen molar-refractivity contribution in [2.45, 2.75) is 5.25 Å². The van der Waals surface area contributed by atoms with Gasteiger partial charge in [0, 0.05) is 25.5 Å². The topological polar surface area (TPSA) is 105 Å². The summed E-state index contributed by atoms with van der Waals surface area (Å²) in [4.78, 5) is 20.3. The fourth-order valence-corrected chi connectivity index (χ4v) is 4.98. The van der Waals surface area contributed by atoms with Crippen molar-refractivity contribution in [3.63, 3.8) is 0 Å². The maximum absolute atomic E-state index is 12.4. The van der Waals surface area contributed by atoms with Crippen LogP contribution in [-0.4, -0.2) is 57.7 Å². The van der Waals surface area contributed by atoms with Gasteiger partial charge in [-0.1, -0.05) is 11.6 Å². The number of fused-ring (bicyclic) bond motifs is 1. The first-order valence-corrected chi connectivity index (χ1v) is 9.07. The average Bonchev–Trinajstić information content (AvgIpc) is 2.76. The summed E-state index contributed by atoms with van der Waals surface area (Å²) in [5, 5.41) is 8.23. The van der Waals surface area contributed by atoms with E-state index in [9.17, 15) is 13.2 Å². The molecule has 1 aliphatic heterocycles. The zero-order chi connectivity index (χ0) is 16.1. The van der Waals surface area contributed by atoms with Crippen LogP contribution in [-0.2, 0) is 9.84 Å². The number of amides is 1. The zero-order valence-electron chi connectivity index (χ0n) is 11.0. The minimum absolute atomic E-state index is 0.0407. The minimum Gasteiger partial charge on any atom is -0.465 e. The highest BCUT2D eigenvalue weighted by atomic mass is 79.9. The Morgan fingerprint density at radius 2 is 2.23 bits per heavy atom. The number of sulfone groups is 1. The van der Waals surface area contributed by atoms with Gasteiger partial charge in [0.25, 0.3) is 0 Å². The number of hydrogen-bond donors (Lipinski definition) is 1. The van der Waals surface area contributed by atoms with E-state index in [0.717, 1.165) is 4.90 Å². The molecule has 22 heavy (non-hydrogen) atoms. The maximum atomic E-state index is 12.4. The lowest BCUT2D eigenvalue weighted by Gasteiger charge is -2.29. The molecular formula is C11H10BrClN4O4S. The predicted molar refractivity (Wildman–Crippen MR) is 81.8 cm³/mol. The quantitative estimate of drug-likeness (QED) is 0.767. The Balaban J connectivity index is 2.16. The zero-order valence-corrected chi connectivity index (χ0v) is 14.1. The van der Waals surface area contributed by atoms with Crippen molar-refractivity contribution in [2.75, 3.05) is 18.8 Å². The Morgan fingerprint density at radius 1 is 1.50 bits per heavy atom. The molecule has 118 valence electrons. The third-order valence-corrected chi connectivity index (χ3v) is 6.33. The molecule has 1 amide bonds. The predicted octanol–water partition coefficient (Wildman–Crippen LogP) is 1.59. The summed E-state index contributed by atoms with van der Waals surface area (Å²) in [5.74, 6) is -0.0212. The van der Waals surface area contributed by atoms with E-state index in [0.29, 0.717) is 10.1 Å². The Kier molecular flexibility index (Phi) is 3.77. The molecule has 3 rings (SSSR count). The van der Waals surface area contributed by atoms with E-state index in [1.165, 1.54) is 10.6 Å². The first-order chi connectivity index (χ1) is 10.3. The van der Waals surface area contributed by atoms with Crippen molar-refractivity contribution in [3.8, 4) is 0 Å². The van der Waals surface area contributed by atoms with E-state index < -0.39 is 21.2 Å². The Morgan fingerprint density at radius 3 is 2.91 bits per heavy atom. The van der Waals surface area contributed by atoms with Crippen LogP contribution in [0.5, 0.6) is 0 Å². The second-order valence-electron chi connectivity index (χ2n) is 4.78. The summed E-state index contributed by atoms with van der Waals surface area (Å²) in [5.41, 5.74) is 0.446. The number of carboxylic acid groups (broad SMARTS) is 1. The van der Waals surface area contributed by atoms with Crippen LogP contribution in [0.15, 0.2) is 17.0 Å². The second-order valence-corrected chi connectivity index (χ2v) is 8.19. The summed E-state index contributed by atoms with van der Waals surface area (Å²) in [6.07, 6.45) is 1.82. The second kappa shape index (κ2) is 5.36. The van der Waals surface area contributed by atoms with Gasteiger partial charge in [0.15, 0.2) is 15.0 Å². The number of imidazole rings is 1. The molecule has 1 fully saturated rings. The van der Waals surface area contributed by atoms with Gasteiger partial charge < -0.3 is 10.0 Å². The van der Waals surface area contributed by atoms with Gasteiger partial charge in [0.2, 0.25) is 0 Å². The molecule has 0 aromatic carbocycles. The van der Waals surface area contributed by atoms with Crippen LogP contribution in [0.25, 0.3) is 5.52 Å². The highest BCUT2D eigenvalue weighted by molar-refractivity contribution is 9.10. The molecule has 1 aliphatic rings. The van der Waals surface area contributed by atoms with Crippen molar-refractivity contribution < 1.29 is 18.3 Å². The summed E-state index contributed by atoms with van der Waals surface area (Å²) in [7, 11) is -3.51. The van der Waals surface area contributed by atoms with Crippen molar-refractivity contribution in [1.82, 2.24) is 19.3 Å². The molecule has 1 atom stereocenters. The molecule has 1 N–H and O–H groups in total. The molecule has 0 bridgehead atoms. The summed E-state index contributed by atoms with van der Waals surface area (Å²) in [6.45, 7) is -0.204. The normalized spacial score (nSPS) is 21.2. The standard InChI is InChI=1S/C11H10BrClN4O4S/c12-8-7-9(13)14-1-2-17(7)10(15-8)6-5-16(11(18)19)3-4-22(6,20)21/h1-2,6H,3-5H2,(H,18,19). The molecule has 2 aromatic rings. The largest absolute Gasteiger partial charge is 0.465 e. The maximum Gasteiger partial charge on any atom is 0.407 e. The molecule has 1 saturated heterocycles. The fourth-order valence-electron chi connectivity index (χ4n) is 2.41. The molecule has 1 unspecified atom stereocenters. The molecule has 0 saturated carbocycles. The number of carbonyl (C=O) groups is 1. The number of aromatic nitrogens is 3. The Bertz CT molecular complexity index is 868. The van der Waals surface area contributed by atoms with Crippen LogP contribution >= 0.6 is 27.5 Å². The highest BCUT2D eigenvalue weighted by Crippen LogP contribution is 2.32. The number of nitrogens with zero attached hydrogens (tertiary/aromatic N) is 4. The van der Waals surface area contributed by atoms with E-state index in [2.05, 4.69) is 25.9 Å². The molecular weight excluding hydrogens is 400 g/mol. The van der Waals surface area contributed by atoms with Crippen LogP contribution in [0.1, 0.15) is 11.1 Å². The average molecular weight is 410 g/mol. The first kappa shape index (κ1) is 15.5. The van der Waals surface area contributed by atoms with Crippen molar-refractivity contribution in [1.29, 1.82) is 0 Å². The van der Waals surface area contributed by atoms with Crippen LogP contribution in [0.2, 0.25) is 5.15 Å². The lowest BCUT2D eigenvalue weighted by molar-refractivity contribution is 0.145. The number of rotatable bonds is 1. The lowest BCUT2D eigenvalue weighted by atomic mass is 10.3. The van der Waals surface area contributed by atoms with Gasteiger partial charge in [-0.15, -0.1) is 0 Å². The van der Waals surface area contributed by atoms with Crippen molar-refractivity contribution in [3.05, 3.63) is 28.0 Å². The van der Waals surface area contributed by atoms with Crippen LogP contribution in [0.4, 0.5) is 4.79 Å². The first-order valence-electron chi connectivity index (χ1n) is 6.18. The van der Waals surface area contributed by atoms with Gasteiger partial charge in [-0.2, -0.15) is 0 Å². The van der Waals surface area contributed by atoms with E-state index in [1.807, 2.05) is 0 Å². The monoisotopic (exact) mass is 408 g/mol. The van der Waals surface area contributed by atoms with Crippen LogP contribution < -0.4 is 0 Å². The number of hydrogen-bond acceptors (Lipinski definition) is 5. The molecule has 0 radical (unpaired) electrons. The summed E-state index contributed by atoms with van der Waals surface area (Å²) < 4.78 is 26.6. The van der Waals surface area contributed by atoms with E-state index in [4.69, 9.17) is 16.7 Å². The smallest absolute Gasteiger partial charge is 0.407 e. The molecule has 11 heteroatoms. The minimum atomic E-state index is -3.51. The highest BCUT2D eigenvalue weighted by Gasteiger charge is 2.39. The van der Waals surface area contributed by atoms with Gasteiger partial charge >= 0.3 is 6.09 Å². The Hall–Kier alpha value is -1.39. The van der Waals surface area contributed by atoms with Gasteiger partial charge in [-0.05, 0) is 15.9 Å². The van der Waals surface area contributed by atoms with E-state index >= 15 is 0 Å². The number of halogens is 2. The van der Waals surface area contributed by atoms with E-state index in [1.54, 1.807) is 6.20 Å². The fraction of sp³-hybridized carbons (Fsp3) is 0.364. The van der Waals surface area contributed by atoms with Crippen LogP contribution in [0, 0.1) is 0 Å². The third kappa shape index (κ3) is 2.44. The van der Waals surface area contributed by atoms with E-state index in [-0.39, 0.29) is 29.8 Å².